The van der Waals surface area contributed by atoms with Gasteiger partial charge in [-0.15, -0.1) is 0 Å². The summed E-state index contributed by atoms with van der Waals surface area (Å²) in [4.78, 5) is 14.4. The molecule has 0 amide bonds. The Balaban J connectivity index is 1.25. The number of carbonyl (C=O) groups excluding carboxylic acids is 1. The molecular weight excluding hydrogens is 706 g/mol. The van der Waals surface area contributed by atoms with E-state index in [-0.39, 0.29) is 30.4 Å². The van der Waals surface area contributed by atoms with Crippen molar-refractivity contribution in [1.82, 2.24) is 0 Å². The second-order valence-corrected chi connectivity index (χ2v) is 17.4. The smallest absolute Gasteiger partial charge is 0.316 e. The molecule has 3 N–H and O–H groups in total. The van der Waals surface area contributed by atoms with E-state index < -0.39 is 66.2 Å². The van der Waals surface area contributed by atoms with Crippen molar-refractivity contribution in [2.45, 2.75) is 172 Å². The molecule has 7 rings (SSSR count). The summed E-state index contributed by atoms with van der Waals surface area (Å²) in [6.45, 7) is 10.0. The van der Waals surface area contributed by atoms with Gasteiger partial charge in [-0.1, -0.05) is 68.6 Å². The molecule has 306 valence electrons. The minimum absolute atomic E-state index is 0.0359. The lowest BCUT2D eigenvalue weighted by Crippen LogP contribution is -2.57. The standard InChI is InChI=1S/C43H63NO11/c1-24-11-10-14-30-23-50-40-36(44-48)27(4)19-33(43(30,40)47)41(46)52-32-20-31(16-15-25(2)38(24)53-35-21-34(49-6)37(45)28(5)51-35)54-42(22-32)18-17-26(3)39(55-42)29-12-8-7-9-13-29/h10-11,14-15,19,24,26,28-29,31-35,37-40,45,47-48H,7-9,12-13,16-18,20-23H2,1-6H3/b11-10?,25-15+,30-14+,44-36-/t24-,26-,28-,31+,32-,33-,34-,35-,37-,38-,39-,40+,42+,43+/m0/s1. The molecule has 0 unspecified atom stereocenters. The Labute approximate surface area is 325 Å². The Morgan fingerprint density at radius 3 is 2.55 bits per heavy atom. The van der Waals surface area contributed by atoms with Crippen LogP contribution in [0.15, 0.2) is 52.3 Å². The highest BCUT2D eigenvalue weighted by Crippen LogP contribution is 2.48. The zero-order chi connectivity index (χ0) is 39.1. The van der Waals surface area contributed by atoms with Gasteiger partial charge in [0.15, 0.2) is 12.1 Å². The van der Waals surface area contributed by atoms with Gasteiger partial charge >= 0.3 is 5.97 Å². The molecule has 5 fully saturated rings. The largest absolute Gasteiger partial charge is 0.462 e. The van der Waals surface area contributed by atoms with Crippen LogP contribution < -0.4 is 0 Å². The Bertz CT molecular complexity index is 1550. The molecular formula is C43H63NO11. The van der Waals surface area contributed by atoms with Crippen LogP contribution in [0.1, 0.15) is 105 Å². The molecule has 5 heterocycles. The van der Waals surface area contributed by atoms with Crippen LogP contribution in [0.4, 0.5) is 0 Å². The summed E-state index contributed by atoms with van der Waals surface area (Å²) in [5.41, 5.74) is 0.362. The fraction of sp³-hybridized carbons (Fsp3) is 0.767. The molecule has 2 bridgehead atoms. The second-order valence-electron chi connectivity index (χ2n) is 17.4. The first-order valence-corrected chi connectivity index (χ1v) is 20.7. The Hall–Kier alpha value is -2.42. The monoisotopic (exact) mass is 769 g/mol. The maximum absolute atomic E-state index is 14.4. The molecule has 1 spiro atoms. The maximum atomic E-state index is 14.4. The van der Waals surface area contributed by atoms with Crippen molar-refractivity contribution in [3.63, 3.8) is 0 Å². The molecule has 5 aliphatic heterocycles. The number of esters is 1. The minimum Gasteiger partial charge on any atom is -0.462 e. The highest BCUT2D eigenvalue weighted by Gasteiger charge is 2.60. The number of methoxy groups -OCH3 is 1. The zero-order valence-corrected chi connectivity index (χ0v) is 33.4. The average molecular weight is 770 g/mol. The second kappa shape index (κ2) is 16.8. The first-order valence-electron chi connectivity index (χ1n) is 20.7. The van der Waals surface area contributed by atoms with E-state index in [1.807, 2.05) is 19.1 Å². The van der Waals surface area contributed by atoms with Crippen molar-refractivity contribution in [2.75, 3.05) is 13.7 Å². The van der Waals surface area contributed by atoms with Crippen LogP contribution in [0, 0.1) is 23.7 Å². The van der Waals surface area contributed by atoms with Gasteiger partial charge in [0, 0.05) is 38.7 Å². The molecule has 0 aromatic heterocycles. The number of fused-ring (bicyclic) bond motifs is 2. The molecule has 12 heteroatoms. The van der Waals surface area contributed by atoms with Crippen LogP contribution in [0.5, 0.6) is 0 Å². The number of carbonyl (C=O) groups is 1. The average Bonchev–Trinajstić information content (AvgIpc) is 3.50. The minimum atomic E-state index is -1.83. The van der Waals surface area contributed by atoms with Crippen molar-refractivity contribution in [2.24, 2.45) is 28.8 Å². The summed E-state index contributed by atoms with van der Waals surface area (Å²) in [6.07, 6.45) is 14.4. The zero-order valence-electron chi connectivity index (χ0n) is 33.4. The molecule has 0 aromatic rings. The van der Waals surface area contributed by atoms with Crippen molar-refractivity contribution >= 4 is 11.7 Å². The van der Waals surface area contributed by atoms with Crippen LogP contribution in [0.25, 0.3) is 0 Å². The van der Waals surface area contributed by atoms with Crippen LogP contribution in [0.3, 0.4) is 0 Å². The topological polar surface area (TPSA) is 155 Å². The number of aliphatic hydroxyl groups is 2. The third-order valence-electron chi connectivity index (χ3n) is 13.6. The maximum Gasteiger partial charge on any atom is 0.316 e. The lowest BCUT2D eigenvalue weighted by Gasteiger charge is -2.51. The summed E-state index contributed by atoms with van der Waals surface area (Å²) in [5.74, 6) is -1.83. The Morgan fingerprint density at radius 1 is 1.02 bits per heavy atom. The van der Waals surface area contributed by atoms with Gasteiger partial charge in [0.2, 0.25) is 0 Å². The molecule has 2 aliphatic carbocycles. The lowest BCUT2D eigenvalue weighted by molar-refractivity contribution is -0.342. The number of nitrogens with zero attached hydrogens (tertiary/aromatic N) is 1. The number of aliphatic hydroxyl groups excluding tert-OH is 1. The molecule has 14 atom stereocenters. The van der Waals surface area contributed by atoms with Crippen molar-refractivity contribution in [3.05, 3.63) is 47.1 Å². The molecule has 7 aliphatic rings. The number of oxime groups is 1. The summed E-state index contributed by atoms with van der Waals surface area (Å²) in [7, 11) is 1.59. The highest BCUT2D eigenvalue weighted by atomic mass is 16.7. The third kappa shape index (κ3) is 8.17. The molecule has 1 saturated carbocycles. The summed E-state index contributed by atoms with van der Waals surface area (Å²) in [5, 5.41) is 36.7. The first kappa shape index (κ1) is 40.8. The van der Waals surface area contributed by atoms with Gasteiger partial charge in [0.1, 0.15) is 35.5 Å². The SMILES string of the molecule is CO[C@H]1C[C@H](O[C@@H]2/C(C)=C/C[C@@H]3C[C@@H](C[C@]4(CC[C@H](C)[C@@H](C5CCCCC5)O4)O3)OC(=O)[C@@H]3C=C(C)/C(=N/O)[C@H]4OC/C(=C\C=C[C@@H]2C)[C@]43O)O[C@@H](C)[C@@H]1O. The first-order chi connectivity index (χ1) is 26.4. The molecule has 55 heavy (non-hydrogen) atoms. The van der Waals surface area contributed by atoms with E-state index in [1.54, 1.807) is 26.2 Å². The number of rotatable bonds is 4. The van der Waals surface area contributed by atoms with E-state index >= 15 is 0 Å². The van der Waals surface area contributed by atoms with Crippen molar-refractivity contribution in [3.8, 4) is 0 Å². The van der Waals surface area contributed by atoms with Gasteiger partial charge in [0.25, 0.3) is 0 Å². The number of ether oxygens (including phenoxy) is 7. The third-order valence-corrected chi connectivity index (χ3v) is 13.6. The van der Waals surface area contributed by atoms with Gasteiger partial charge in [-0.25, -0.2) is 0 Å². The Morgan fingerprint density at radius 2 is 1.80 bits per heavy atom. The highest BCUT2D eigenvalue weighted by molar-refractivity contribution is 6.06. The fourth-order valence-corrected chi connectivity index (χ4v) is 10.4. The van der Waals surface area contributed by atoms with E-state index in [2.05, 4.69) is 32.0 Å². The molecule has 0 aromatic carbocycles. The molecule has 4 saturated heterocycles. The number of hydrogen-bond acceptors (Lipinski definition) is 12. The van der Waals surface area contributed by atoms with Gasteiger partial charge in [0.05, 0.1) is 37.1 Å². The van der Waals surface area contributed by atoms with Crippen LogP contribution in [0.2, 0.25) is 0 Å². The van der Waals surface area contributed by atoms with Crippen molar-refractivity contribution < 1.29 is 53.4 Å². The van der Waals surface area contributed by atoms with Crippen LogP contribution >= 0.6 is 0 Å². The van der Waals surface area contributed by atoms with Crippen LogP contribution in [-0.2, 0) is 38.0 Å². The van der Waals surface area contributed by atoms with E-state index in [0.717, 1.165) is 24.8 Å². The number of hydrogen-bond donors (Lipinski definition) is 3. The van der Waals surface area contributed by atoms with Gasteiger partial charge in [-0.2, -0.15) is 0 Å². The van der Waals surface area contributed by atoms with Gasteiger partial charge in [-0.3, -0.25) is 4.79 Å². The van der Waals surface area contributed by atoms with Gasteiger partial charge < -0.3 is 48.6 Å². The van der Waals surface area contributed by atoms with E-state index in [1.165, 1.54) is 19.3 Å². The lowest BCUT2D eigenvalue weighted by atomic mass is 9.71. The summed E-state index contributed by atoms with van der Waals surface area (Å²) >= 11 is 0. The summed E-state index contributed by atoms with van der Waals surface area (Å²) in [6, 6.07) is 0. The normalized spacial score (nSPS) is 47.3. The van der Waals surface area contributed by atoms with E-state index in [9.17, 15) is 20.2 Å². The summed E-state index contributed by atoms with van der Waals surface area (Å²) < 4.78 is 45.1. The molecule has 12 nitrogen and oxygen atoms in total. The predicted molar refractivity (Wildman–Crippen MR) is 203 cm³/mol. The number of allylic oxidation sites excluding steroid dienone is 2. The fourth-order valence-electron chi connectivity index (χ4n) is 10.4. The molecule has 0 radical (unpaired) electrons. The quantitative estimate of drug-likeness (QED) is 0.132. The Kier molecular flexibility index (Phi) is 12.5. The van der Waals surface area contributed by atoms with E-state index in [4.69, 9.17) is 33.2 Å². The van der Waals surface area contributed by atoms with Crippen molar-refractivity contribution in [1.29, 1.82) is 0 Å². The van der Waals surface area contributed by atoms with E-state index in [0.29, 0.717) is 55.1 Å². The van der Waals surface area contributed by atoms with Gasteiger partial charge in [-0.05, 0) is 75.0 Å². The van der Waals surface area contributed by atoms with Crippen LogP contribution in [-0.4, -0.2) is 107 Å². The predicted octanol–water partition coefficient (Wildman–Crippen LogP) is 6.07.